The molecule has 0 radical (unpaired) electrons. The number of aryl methyl sites for hydroxylation is 1. The first kappa shape index (κ1) is 17.5. The molecule has 1 aromatic heterocycles. The molecule has 2 saturated heterocycles. The van der Waals surface area contributed by atoms with Crippen LogP contribution in [0.1, 0.15) is 50.7 Å². The van der Waals surface area contributed by atoms with Gasteiger partial charge in [-0.05, 0) is 37.5 Å². The average molecular weight is 362 g/mol. The summed E-state index contributed by atoms with van der Waals surface area (Å²) in [5, 5.41) is 13.6. The van der Waals surface area contributed by atoms with Crippen molar-refractivity contribution < 1.29 is 19.2 Å². The van der Waals surface area contributed by atoms with Gasteiger partial charge >= 0.3 is 5.97 Å². The summed E-state index contributed by atoms with van der Waals surface area (Å²) < 4.78 is 5.15. The molecule has 3 aliphatic rings. The van der Waals surface area contributed by atoms with Gasteiger partial charge in [-0.2, -0.15) is 4.98 Å². The van der Waals surface area contributed by atoms with E-state index in [1.807, 2.05) is 16.7 Å². The molecule has 1 aliphatic carbocycles. The van der Waals surface area contributed by atoms with Gasteiger partial charge < -0.3 is 14.5 Å². The zero-order chi connectivity index (χ0) is 18.3. The van der Waals surface area contributed by atoms with Gasteiger partial charge in [-0.3, -0.25) is 14.5 Å². The lowest BCUT2D eigenvalue weighted by Gasteiger charge is -2.39. The number of amides is 1. The Labute approximate surface area is 152 Å². The highest BCUT2D eigenvalue weighted by Gasteiger charge is 2.49. The lowest BCUT2D eigenvalue weighted by atomic mass is 9.76. The number of hydrogen-bond donors (Lipinski definition) is 1. The number of hydrogen-bond acceptors (Lipinski definition) is 6. The number of aromatic nitrogens is 2. The molecule has 8 heteroatoms. The van der Waals surface area contributed by atoms with Crippen molar-refractivity contribution in [2.45, 2.75) is 58.0 Å². The summed E-state index contributed by atoms with van der Waals surface area (Å²) in [4.78, 5) is 32.3. The molecule has 1 saturated carbocycles. The first-order valence-corrected chi connectivity index (χ1v) is 9.57. The monoisotopic (exact) mass is 362 g/mol. The maximum absolute atomic E-state index is 12.3. The molecule has 1 amide bonds. The molecule has 1 spiro atoms. The van der Waals surface area contributed by atoms with E-state index in [2.05, 4.69) is 10.1 Å². The molecule has 3 fully saturated rings. The van der Waals surface area contributed by atoms with Gasteiger partial charge in [-0.25, -0.2) is 0 Å². The van der Waals surface area contributed by atoms with Crippen LogP contribution in [-0.2, 0) is 22.6 Å². The molecule has 0 aromatic carbocycles. The lowest BCUT2D eigenvalue weighted by molar-refractivity contribution is -0.142. The summed E-state index contributed by atoms with van der Waals surface area (Å²) in [5.41, 5.74) is -0.0271. The van der Waals surface area contributed by atoms with Crippen LogP contribution in [0.25, 0.3) is 0 Å². The molecule has 1 atom stereocenters. The molecular weight excluding hydrogens is 336 g/mol. The molecule has 4 rings (SSSR count). The van der Waals surface area contributed by atoms with E-state index in [1.54, 1.807) is 0 Å². The SMILES string of the molecule is CCc1nc(CN2CC3(CCN(C(=O)C4CC4)CC3)CC2C(=O)O)no1. The van der Waals surface area contributed by atoms with E-state index in [0.717, 1.165) is 38.8 Å². The van der Waals surface area contributed by atoms with Gasteiger partial charge in [0.15, 0.2) is 5.82 Å². The van der Waals surface area contributed by atoms with Crippen molar-refractivity contribution in [3.05, 3.63) is 11.7 Å². The van der Waals surface area contributed by atoms with Crippen LogP contribution < -0.4 is 0 Å². The Morgan fingerprint density at radius 1 is 1.31 bits per heavy atom. The van der Waals surface area contributed by atoms with Crippen molar-refractivity contribution in [3.63, 3.8) is 0 Å². The number of rotatable bonds is 5. The largest absolute Gasteiger partial charge is 0.480 e. The van der Waals surface area contributed by atoms with Crippen molar-refractivity contribution in [2.75, 3.05) is 19.6 Å². The molecule has 1 aromatic rings. The van der Waals surface area contributed by atoms with Gasteiger partial charge in [0.2, 0.25) is 11.8 Å². The number of piperidine rings is 1. The first-order valence-electron chi connectivity index (χ1n) is 9.57. The molecule has 1 unspecified atom stereocenters. The Morgan fingerprint density at radius 2 is 2.04 bits per heavy atom. The fourth-order valence-corrected chi connectivity index (χ4v) is 4.39. The Bertz CT molecular complexity index is 691. The Morgan fingerprint density at radius 3 is 2.62 bits per heavy atom. The van der Waals surface area contributed by atoms with Gasteiger partial charge in [-0.15, -0.1) is 0 Å². The van der Waals surface area contributed by atoms with E-state index >= 15 is 0 Å². The van der Waals surface area contributed by atoms with E-state index < -0.39 is 12.0 Å². The zero-order valence-electron chi connectivity index (χ0n) is 15.2. The van der Waals surface area contributed by atoms with Gasteiger partial charge in [0.05, 0.1) is 6.54 Å². The van der Waals surface area contributed by atoms with Crippen LogP contribution in [-0.4, -0.2) is 62.6 Å². The standard InChI is InChI=1S/C18H26N4O4/c1-2-15-19-14(20-26-15)10-22-11-18(9-13(22)17(24)25)5-7-21(8-6-18)16(23)12-3-4-12/h12-13H,2-11H2,1H3,(H,24,25). The van der Waals surface area contributed by atoms with Crippen molar-refractivity contribution in [1.82, 2.24) is 19.9 Å². The molecule has 1 N–H and O–H groups in total. The number of nitrogens with zero attached hydrogens (tertiary/aromatic N) is 4. The smallest absolute Gasteiger partial charge is 0.320 e. The number of carbonyl (C=O) groups is 2. The Hall–Kier alpha value is -1.96. The quantitative estimate of drug-likeness (QED) is 0.843. The van der Waals surface area contributed by atoms with Crippen LogP contribution in [0, 0.1) is 11.3 Å². The Kier molecular flexibility index (Phi) is 4.46. The minimum absolute atomic E-state index is 0.0271. The average Bonchev–Trinajstić information content (AvgIpc) is 3.29. The summed E-state index contributed by atoms with van der Waals surface area (Å²) >= 11 is 0. The minimum Gasteiger partial charge on any atom is -0.480 e. The number of likely N-dealkylation sites (tertiary alicyclic amines) is 2. The summed E-state index contributed by atoms with van der Waals surface area (Å²) in [6, 6.07) is -0.524. The topological polar surface area (TPSA) is 99.8 Å². The molecule has 3 heterocycles. The molecular formula is C18H26N4O4. The highest BCUT2D eigenvalue weighted by atomic mass is 16.5. The normalized spacial score (nSPS) is 25.7. The lowest BCUT2D eigenvalue weighted by Crippen LogP contribution is -2.44. The molecule has 8 nitrogen and oxygen atoms in total. The molecule has 2 aliphatic heterocycles. The van der Waals surface area contributed by atoms with E-state index in [9.17, 15) is 14.7 Å². The van der Waals surface area contributed by atoms with Gasteiger partial charge in [-0.1, -0.05) is 12.1 Å². The highest BCUT2D eigenvalue weighted by Crippen LogP contribution is 2.44. The summed E-state index contributed by atoms with van der Waals surface area (Å²) in [6.07, 6.45) is 5.10. The van der Waals surface area contributed by atoms with Crippen LogP contribution in [0.4, 0.5) is 0 Å². The van der Waals surface area contributed by atoms with Crippen LogP contribution in [0.5, 0.6) is 0 Å². The van der Waals surface area contributed by atoms with E-state index in [1.165, 1.54) is 0 Å². The number of carbonyl (C=O) groups excluding carboxylic acids is 1. The first-order chi connectivity index (χ1) is 12.5. The van der Waals surface area contributed by atoms with Crippen molar-refractivity contribution >= 4 is 11.9 Å². The molecule has 0 bridgehead atoms. The summed E-state index contributed by atoms with van der Waals surface area (Å²) in [7, 11) is 0. The zero-order valence-corrected chi connectivity index (χ0v) is 15.2. The Balaban J connectivity index is 1.42. The third-order valence-corrected chi connectivity index (χ3v) is 6.11. The number of carboxylic acid groups (broad SMARTS) is 1. The molecule has 142 valence electrons. The van der Waals surface area contributed by atoms with Crippen molar-refractivity contribution in [3.8, 4) is 0 Å². The maximum Gasteiger partial charge on any atom is 0.320 e. The van der Waals surface area contributed by atoms with Crippen LogP contribution >= 0.6 is 0 Å². The second-order valence-corrected chi connectivity index (χ2v) is 8.02. The third kappa shape index (κ3) is 3.34. The second-order valence-electron chi connectivity index (χ2n) is 8.02. The van der Waals surface area contributed by atoms with Crippen LogP contribution in [0.2, 0.25) is 0 Å². The van der Waals surface area contributed by atoms with E-state index in [4.69, 9.17) is 4.52 Å². The van der Waals surface area contributed by atoms with Crippen LogP contribution in [0.3, 0.4) is 0 Å². The fraction of sp³-hybridized carbons (Fsp3) is 0.778. The maximum atomic E-state index is 12.3. The predicted octanol–water partition coefficient (Wildman–Crippen LogP) is 1.31. The third-order valence-electron chi connectivity index (χ3n) is 6.11. The van der Waals surface area contributed by atoms with Gasteiger partial charge in [0.25, 0.3) is 0 Å². The molecule has 26 heavy (non-hydrogen) atoms. The van der Waals surface area contributed by atoms with Gasteiger partial charge in [0, 0.05) is 32.0 Å². The van der Waals surface area contributed by atoms with E-state index in [-0.39, 0.29) is 11.3 Å². The van der Waals surface area contributed by atoms with Gasteiger partial charge in [0.1, 0.15) is 6.04 Å². The number of carboxylic acids is 1. The van der Waals surface area contributed by atoms with Crippen molar-refractivity contribution in [2.24, 2.45) is 11.3 Å². The van der Waals surface area contributed by atoms with Crippen molar-refractivity contribution in [1.29, 1.82) is 0 Å². The van der Waals surface area contributed by atoms with E-state index in [0.29, 0.717) is 43.6 Å². The van der Waals surface area contributed by atoms with Crippen LogP contribution in [0.15, 0.2) is 4.52 Å². The highest BCUT2D eigenvalue weighted by molar-refractivity contribution is 5.81. The fourth-order valence-electron chi connectivity index (χ4n) is 4.39. The minimum atomic E-state index is -0.794. The summed E-state index contributed by atoms with van der Waals surface area (Å²) in [6.45, 7) is 4.55. The number of aliphatic carboxylic acids is 1. The predicted molar refractivity (Wildman–Crippen MR) is 91.1 cm³/mol. The summed E-state index contributed by atoms with van der Waals surface area (Å²) in [5.74, 6) is 0.877. The second kappa shape index (κ2) is 6.64.